The fraction of sp³-hybridized carbons (Fsp3) is 0.263. The third-order valence-electron chi connectivity index (χ3n) is 5.16. The molecule has 4 aromatic rings. The molecule has 7 heteroatoms. The van der Waals surface area contributed by atoms with Crippen molar-refractivity contribution in [3.63, 3.8) is 0 Å². The number of H-pyrrole nitrogens is 2. The number of hydrogen-bond donors (Lipinski definition) is 2. The van der Waals surface area contributed by atoms with E-state index in [9.17, 15) is 0 Å². The molecule has 130 valence electrons. The highest BCUT2D eigenvalue weighted by atomic mass is 15.2. The van der Waals surface area contributed by atoms with E-state index in [1.165, 1.54) is 16.8 Å². The van der Waals surface area contributed by atoms with Crippen LogP contribution < -0.4 is 4.90 Å². The van der Waals surface area contributed by atoms with E-state index in [1.807, 2.05) is 12.3 Å². The molecule has 3 aromatic heterocycles. The van der Waals surface area contributed by atoms with E-state index in [0.717, 1.165) is 42.9 Å². The second kappa shape index (κ2) is 6.25. The number of nitrogens with one attached hydrogen (secondary N) is 2. The molecule has 4 heterocycles. The van der Waals surface area contributed by atoms with Crippen molar-refractivity contribution in [2.24, 2.45) is 0 Å². The Hall–Kier alpha value is -3.22. The molecule has 26 heavy (non-hydrogen) atoms. The Balaban J connectivity index is 1.37. The maximum Gasteiger partial charge on any atom is 0.182 e. The number of aromatic nitrogens is 6. The molecule has 0 unspecified atom stereocenters. The zero-order valence-electron chi connectivity index (χ0n) is 14.3. The molecule has 0 amide bonds. The fourth-order valence-electron chi connectivity index (χ4n) is 3.83. The lowest BCUT2D eigenvalue weighted by atomic mass is 9.89. The summed E-state index contributed by atoms with van der Waals surface area (Å²) in [5.41, 5.74) is 5.30. The van der Waals surface area contributed by atoms with Crippen LogP contribution in [0.25, 0.3) is 22.3 Å². The van der Waals surface area contributed by atoms with Gasteiger partial charge >= 0.3 is 0 Å². The second-order valence-electron chi connectivity index (χ2n) is 6.62. The van der Waals surface area contributed by atoms with Crippen molar-refractivity contribution in [3.05, 3.63) is 54.9 Å². The number of piperidine rings is 1. The molecule has 0 radical (unpaired) electrons. The first-order valence-corrected chi connectivity index (χ1v) is 8.88. The Morgan fingerprint density at radius 3 is 2.69 bits per heavy atom. The Morgan fingerprint density at radius 1 is 1.00 bits per heavy atom. The number of hydrogen-bond acceptors (Lipinski definition) is 5. The first-order valence-electron chi connectivity index (χ1n) is 8.88. The number of fused-ring (bicyclic) bond motifs is 1. The molecule has 1 aliphatic heterocycles. The van der Waals surface area contributed by atoms with Crippen LogP contribution in [-0.4, -0.2) is 43.2 Å². The van der Waals surface area contributed by atoms with Crippen molar-refractivity contribution < 1.29 is 0 Å². The first-order chi connectivity index (χ1) is 12.9. The second-order valence-corrected chi connectivity index (χ2v) is 6.62. The summed E-state index contributed by atoms with van der Waals surface area (Å²) in [6.07, 6.45) is 7.32. The minimum Gasteiger partial charge on any atom is -0.355 e. The average molecular weight is 345 g/mol. The van der Waals surface area contributed by atoms with E-state index in [2.05, 4.69) is 59.3 Å². The molecule has 5 rings (SSSR count). The first kappa shape index (κ1) is 15.1. The van der Waals surface area contributed by atoms with E-state index in [1.54, 1.807) is 12.7 Å². The van der Waals surface area contributed by atoms with Crippen molar-refractivity contribution in [3.8, 4) is 11.1 Å². The molecule has 1 aliphatic rings. The van der Waals surface area contributed by atoms with Crippen LogP contribution >= 0.6 is 0 Å². The van der Waals surface area contributed by atoms with Gasteiger partial charge in [-0.05, 0) is 18.4 Å². The minimum atomic E-state index is 0.475. The van der Waals surface area contributed by atoms with E-state index in [4.69, 9.17) is 0 Å². The normalized spacial score (nSPS) is 15.6. The summed E-state index contributed by atoms with van der Waals surface area (Å²) >= 11 is 0. The molecular formula is C19H19N7. The zero-order chi connectivity index (χ0) is 17.3. The van der Waals surface area contributed by atoms with Crippen molar-refractivity contribution in [1.82, 2.24) is 30.1 Å². The summed E-state index contributed by atoms with van der Waals surface area (Å²) in [5, 5.41) is 7.56. The standard InChI is InChI=1S/C19H19N7/c1-2-4-13(5-3-1)15-10-24-25-16(15)14-6-8-26(9-7-14)19-17-18(21-11-20-17)22-12-23-19/h1-5,10-12,14H,6-9H2,(H,24,25)(H,20,21,22,23). The van der Waals surface area contributed by atoms with Crippen LogP contribution in [0, 0.1) is 0 Å². The SMILES string of the molecule is c1ccc(-c2cn[nH]c2C2CCN(c3ncnc4nc[nH]c34)CC2)cc1. The summed E-state index contributed by atoms with van der Waals surface area (Å²) < 4.78 is 0. The molecule has 1 aromatic carbocycles. The van der Waals surface area contributed by atoms with Crippen molar-refractivity contribution in [2.75, 3.05) is 18.0 Å². The molecule has 1 fully saturated rings. The maximum absolute atomic E-state index is 4.48. The van der Waals surface area contributed by atoms with Crippen LogP contribution in [0.15, 0.2) is 49.2 Å². The van der Waals surface area contributed by atoms with Crippen LogP contribution in [-0.2, 0) is 0 Å². The Bertz CT molecular complexity index is 1010. The summed E-state index contributed by atoms with van der Waals surface area (Å²) in [6.45, 7) is 1.89. The lowest BCUT2D eigenvalue weighted by molar-refractivity contribution is 0.494. The van der Waals surface area contributed by atoms with Crippen molar-refractivity contribution in [2.45, 2.75) is 18.8 Å². The smallest absolute Gasteiger partial charge is 0.182 e. The average Bonchev–Trinajstić information content (AvgIpc) is 3.38. The molecule has 7 nitrogen and oxygen atoms in total. The molecule has 2 N–H and O–H groups in total. The van der Waals surface area contributed by atoms with Crippen molar-refractivity contribution in [1.29, 1.82) is 0 Å². The quantitative estimate of drug-likeness (QED) is 0.596. The Kier molecular flexibility index (Phi) is 3.62. The van der Waals surface area contributed by atoms with Crippen LogP contribution in [0.1, 0.15) is 24.5 Å². The summed E-state index contributed by atoms with van der Waals surface area (Å²) in [4.78, 5) is 18.4. The lowest BCUT2D eigenvalue weighted by Gasteiger charge is -2.32. The third kappa shape index (κ3) is 2.52. The third-order valence-corrected chi connectivity index (χ3v) is 5.16. The van der Waals surface area contributed by atoms with E-state index in [-0.39, 0.29) is 0 Å². The van der Waals surface area contributed by atoms with Gasteiger partial charge in [0.2, 0.25) is 0 Å². The number of imidazole rings is 1. The highest BCUT2D eigenvalue weighted by Crippen LogP contribution is 2.35. The van der Waals surface area contributed by atoms with Gasteiger partial charge in [0.1, 0.15) is 11.8 Å². The minimum absolute atomic E-state index is 0.475. The number of anilines is 1. The zero-order valence-corrected chi connectivity index (χ0v) is 14.3. The fourth-order valence-corrected chi connectivity index (χ4v) is 3.83. The van der Waals surface area contributed by atoms with Gasteiger partial charge in [-0.2, -0.15) is 5.10 Å². The summed E-state index contributed by atoms with van der Waals surface area (Å²) in [5.74, 6) is 1.42. The van der Waals surface area contributed by atoms with Gasteiger partial charge in [0, 0.05) is 30.3 Å². The molecule has 0 aliphatic carbocycles. The number of rotatable bonds is 3. The molecule has 1 saturated heterocycles. The topological polar surface area (TPSA) is 86.4 Å². The van der Waals surface area contributed by atoms with Gasteiger partial charge in [0.15, 0.2) is 11.5 Å². The number of benzene rings is 1. The van der Waals surface area contributed by atoms with E-state index in [0.29, 0.717) is 5.92 Å². The maximum atomic E-state index is 4.48. The largest absolute Gasteiger partial charge is 0.355 e. The van der Waals surface area contributed by atoms with Crippen LogP contribution in [0.2, 0.25) is 0 Å². The monoisotopic (exact) mass is 345 g/mol. The Morgan fingerprint density at radius 2 is 1.85 bits per heavy atom. The van der Waals surface area contributed by atoms with Crippen molar-refractivity contribution >= 4 is 17.0 Å². The number of aromatic amines is 2. The lowest BCUT2D eigenvalue weighted by Crippen LogP contribution is -2.34. The van der Waals surface area contributed by atoms with E-state index >= 15 is 0 Å². The van der Waals surface area contributed by atoms with Gasteiger partial charge in [0.05, 0.1) is 12.5 Å². The number of nitrogens with zero attached hydrogens (tertiary/aromatic N) is 5. The van der Waals surface area contributed by atoms with Gasteiger partial charge in [-0.1, -0.05) is 30.3 Å². The molecule has 0 bridgehead atoms. The van der Waals surface area contributed by atoms with Gasteiger partial charge < -0.3 is 9.88 Å². The highest BCUT2D eigenvalue weighted by molar-refractivity contribution is 5.82. The van der Waals surface area contributed by atoms with Gasteiger partial charge in [-0.3, -0.25) is 5.10 Å². The van der Waals surface area contributed by atoms with E-state index < -0.39 is 0 Å². The summed E-state index contributed by atoms with van der Waals surface area (Å²) in [7, 11) is 0. The molecule has 0 spiro atoms. The molecule has 0 atom stereocenters. The highest BCUT2D eigenvalue weighted by Gasteiger charge is 2.26. The summed E-state index contributed by atoms with van der Waals surface area (Å²) in [6, 6.07) is 10.5. The van der Waals surface area contributed by atoms with Crippen LogP contribution in [0.5, 0.6) is 0 Å². The van der Waals surface area contributed by atoms with Gasteiger partial charge in [-0.15, -0.1) is 0 Å². The Labute approximate surface area is 150 Å². The molecular weight excluding hydrogens is 326 g/mol. The van der Waals surface area contributed by atoms with Crippen LogP contribution in [0.3, 0.4) is 0 Å². The molecule has 0 saturated carbocycles. The van der Waals surface area contributed by atoms with Gasteiger partial charge in [-0.25, -0.2) is 15.0 Å². The predicted octanol–water partition coefficient (Wildman–Crippen LogP) is 3.13. The van der Waals surface area contributed by atoms with Crippen LogP contribution in [0.4, 0.5) is 5.82 Å². The predicted molar refractivity (Wildman–Crippen MR) is 99.9 cm³/mol. The van der Waals surface area contributed by atoms with Gasteiger partial charge in [0.25, 0.3) is 0 Å².